The Morgan fingerprint density at radius 2 is 1.32 bits per heavy atom. The van der Waals surface area contributed by atoms with Crippen LogP contribution in [0.5, 0.6) is 0 Å². The molecule has 0 saturated carbocycles. The van der Waals surface area contributed by atoms with Crippen LogP contribution in [0.15, 0.2) is 0 Å². The molecule has 2 unspecified atom stereocenters. The SMILES string of the molecule is [Li][CH](C)CC(C)CCCOCOCCCCCCCCCC. The molecule has 0 saturated heterocycles. The van der Waals surface area contributed by atoms with E-state index in [1.54, 1.807) is 0 Å². The minimum Gasteiger partial charge on any atom is -0.0654 e. The monoisotopic (exact) mass is 306 g/mol. The fraction of sp³-hybridized carbons (Fsp3) is 1.00. The van der Waals surface area contributed by atoms with Gasteiger partial charge in [0.25, 0.3) is 0 Å². The molecule has 0 aromatic heterocycles. The summed E-state index contributed by atoms with van der Waals surface area (Å²) in [5.41, 5.74) is 0. The zero-order valence-electron chi connectivity index (χ0n) is 15.9. The number of unbranched alkanes of at least 4 members (excludes halogenated alkanes) is 7. The molecule has 2 atom stereocenters. The van der Waals surface area contributed by atoms with E-state index in [1.807, 2.05) is 0 Å². The van der Waals surface area contributed by atoms with Crippen molar-refractivity contribution >= 4 is 17.7 Å². The first-order chi connectivity index (χ1) is 10.7. The second kappa shape index (κ2) is 17.9. The molecule has 0 spiro atoms. The van der Waals surface area contributed by atoms with Gasteiger partial charge in [-0.25, -0.2) is 0 Å². The Morgan fingerprint density at radius 3 is 1.91 bits per heavy atom. The molecule has 0 aromatic carbocycles. The van der Waals surface area contributed by atoms with Gasteiger partial charge in [0, 0.05) is 0 Å². The summed E-state index contributed by atoms with van der Waals surface area (Å²) in [7, 11) is 0. The van der Waals surface area contributed by atoms with Gasteiger partial charge in [-0.2, -0.15) is 0 Å². The Hall–Kier alpha value is 0.517. The molecule has 0 N–H and O–H groups in total. The Labute approximate surface area is 149 Å². The van der Waals surface area contributed by atoms with Crippen molar-refractivity contribution in [1.29, 1.82) is 0 Å². The smallest absolute Gasteiger partial charge is 0.0654 e. The maximum absolute atomic E-state index is 5.54. The summed E-state index contributed by atoms with van der Waals surface area (Å²) in [4.78, 5) is 0. The molecule has 0 bridgehead atoms. The van der Waals surface area contributed by atoms with E-state index in [-0.39, 0.29) is 0 Å². The number of rotatable bonds is 17. The molecule has 0 amide bonds. The van der Waals surface area contributed by atoms with Crippen LogP contribution >= 0.6 is 0 Å². The fourth-order valence-corrected chi connectivity index (χ4v) is 2.97. The maximum atomic E-state index is 5.54. The summed E-state index contributed by atoms with van der Waals surface area (Å²) in [5.74, 6) is 0.821. The summed E-state index contributed by atoms with van der Waals surface area (Å²) in [6.07, 6.45) is 14.6. The first-order valence-corrected chi connectivity index (χ1v) is 9.82. The zero-order chi connectivity index (χ0) is 16.5. The average molecular weight is 306 g/mol. The summed E-state index contributed by atoms with van der Waals surface area (Å²) in [5, 5.41) is 0. The van der Waals surface area contributed by atoms with Crippen LogP contribution in [-0.4, -0.2) is 37.7 Å². The fourth-order valence-electron chi connectivity index (χ4n) is 2.97. The van der Waals surface area contributed by atoms with Crippen LogP contribution in [0, 0.1) is 5.92 Å². The molecule has 0 aliphatic carbocycles. The van der Waals surface area contributed by atoms with Crippen molar-refractivity contribution in [3.05, 3.63) is 0 Å². The summed E-state index contributed by atoms with van der Waals surface area (Å²) in [6, 6.07) is 0. The van der Waals surface area contributed by atoms with Crippen LogP contribution in [0.3, 0.4) is 0 Å². The van der Waals surface area contributed by atoms with E-state index in [4.69, 9.17) is 9.47 Å². The van der Waals surface area contributed by atoms with Crippen molar-refractivity contribution in [2.75, 3.05) is 20.0 Å². The second-order valence-electron chi connectivity index (χ2n) is 7.29. The quantitative estimate of drug-likeness (QED) is 0.189. The molecule has 0 radical (unpaired) electrons. The van der Waals surface area contributed by atoms with Gasteiger partial charge in [0.2, 0.25) is 0 Å². The zero-order valence-corrected chi connectivity index (χ0v) is 15.9. The van der Waals surface area contributed by atoms with Gasteiger partial charge >= 0.3 is 104 Å². The second-order valence-corrected chi connectivity index (χ2v) is 7.29. The summed E-state index contributed by atoms with van der Waals surface area (Å²) >= 11 is 2.30. The van der Waals surface area contributed by atoms with Crippen LogP contribution in [0.4, 0.5) is 0 Å². The molecule has 0 aliphatic rings. The average Bonchev–Trinajstić information content (AvgIpc) is 2.47. The molecule has 22 heavy (non-hydrogen) atoms. The number of hydrogen-bond donors (Lipinski definition) is 0. The normalized spacial score (nSPS) is 14.2. The standard InChI is InChI=1S/C19H39O2.Li/c1-4-6-7-8-9-10-11-12-16-20-18-21-17-13-15-19(3)14-5-2;/h5,19H,4,6-18H2,1-3H3;. The summed E-state index contributed by atoms with van der Waals surface area (Å²) < 4.78 is 11.9. The molecular weight excluding hydrogens is 267 g/mol. The van der Waals surface area contributed by atoms with Gasteiger partial charge in [0.1, 0.15) is 0 Å². The van der Waals surface area contributed by atoms with Crippen molar-refractivity contribution in [1.82, 2.24) is 0 Å². The number of hydrogen-bond acceptors (Lipinski definition) is 2. The van der Waals surface area contributed by atoms with Crippen molar-refractivity contribution in [2.24, 2.45) is 5.92 Å². The Balaban J connectivity index is 3.05. The van der Waals surface area contributed by atoms with Crippen LogP contribution in [0.25, 0.3) is 0 Å². The van der Waals surface area contributed by atoms with Crippen LogP contribution in [-0.2, 0) is 9.47 Å². The van der Waals surface area contributed by atoms with E-state index in [2.05, 4.69) is 38.5 Å². The molecule has 0 fully saturated rings. The van der Waals surface area contributed by atoms with Gasteiger partial charge in [-0.05, 0) is 0 Å². The van der Waals surface area contributed by atoms with Crippen molar-refractivity contribution in [3.63, 3.8) is 0 Å². The van der Waals surface area contributed by atoms with Gasteiger partial charge in [-0.1, -0.05) is 45.4 Å². The van der Waals surface area contributed by atoms with E-state index >= 15 is 0 Å². The Morgan fingerprint density at radius 1 is 0.773 bits per heavy atom. The first-order valence-electron chi connectivity index (χ1n) is 9.82. The van der Waals surface area contributed by atoms with E-state index in [9.17, 15) is 0 Å². The van der Waals surface area contributed by atoms with E-state index < -0.39 is 0 Å². The van der Waals surface area contributed by atoms with Gasteiger partial charge < -0.3 is 0 Å². The first kappa shape index (κ1) is 22.5. The van der Waals surface area contributed by atoms with Gasteiger partial charge in [-0.15, -0.1) is 0 Å². The molecule has 0 aliphatic heterocycles. The van der Waals surface area contributed by atoms with Crippen LogP contribution in [0.1, 0.15) is 91.4 Å². The molecule has 0 aromatic rings. The Bertz CT molecular complexity index is 210. The van der Waals surface area contributed by atoms with Crippen molar-refractivity contribution in [2.45, 2.75) is 96.0 Å². The van der Waals surface area contributed by atoms with Crippen LogP contribution in [0.2, 0.25) is 4.59 Å². The van der Waals surface area contributed by atoms with E-state index in [0.717, 1.165) is 30.1 Å². The summed E-state index contributed by atoms with van der Waals surface area (Å²) in [6.45, 7) is 9.10. The number of ether oxygens (including phenoxy) is 2. The topological polar surface area (TPSA) is 18.5 Å². The molecule has 0 rings (SSSR count). The molecular formula is C19H39LiO2. The molecule has 2 nitrogen and oxygen atoms in total. The predicted molar refractivity (Wildman–Crippen MR) is 97.6 cm³/mol. The van der Waals surface area contributed by atoms with E-state index in [0.29, 0.717) is 6.79 Å². The Kier molecular flexibility index (Phi) is 18.3. The van der Waals surface area contributed by atoms with Crippen molar-refractivity contribution in [3.8, 4) is 0 Å². The van der Waals surface area contributed by atoms with Gasteiger partial charge in [-0.3, -0.25) is 0 Å². The third-order valence-corrected chi connectivity index (χ3v) is 4.17. The minimum absolute atomic E-state index is 0.481. The van der Waals surface area contributed by atoms with Gasteiger partial charge in [0.05, 0.1) is 0 Å². The van der Waals surface area contributed by atoms with Gasteiger partial charge in [0.15, 0.2) is 0 Å². The van der Waals surface area contributed by atoms with Crippen LogP contribution < -0.4 is 0 Å². The third kappa shape index (κ3) is 18.6. The van der Waals surface area contributed by atoms with Crippen molar-refractivity contribution < 1.29 is 9.47 Å². The minimum atomic E-state index is 0.481. The third-order valence-electron chi connectivity index (χ3n) is 4.17. The van der Waals surface area contributed by atoms with E-state index in [1.165, 1.54) is 64.2 Å². The molecule has 128 valence electrons. The predicted octanol–water partition coefficient (Wildman–Crippen LogP) is 5.90. The molecule has 3 heteroatoms. The molecule has 0 heterocycles.